The average Bonchev–Trinajstić information content (AvgIpc) is 2.26. The second-order valence-corrected chi connectivity index (χ2v) is 5.68. The highest BCUT2D eigenvalue weighted by Crippen LogP contribution is 2.30. The fourth-order valence-electron chi connectivity index (χ4n) is 2.25. The predicted molar refractivity (Wildman–Crippen MR) is 74.6 cm³/mol. The molecule has 0 unspecified atom stereocenters. The van der Waals surface area contributed by atoms with Crippen molar-refractivity contribution in [2.75, 3.05) is 10.6 Å². The lowest BCUT2D eigenvalue weighted by Gasteiger charge is -2.30. The number of carbonyl (C=O) groups is 2. The highest BCUT2D eigenvalue weighted by Gasteiger charge is 2.31. The first-order valence-corrected chi connectivity index (χ1v) is 6.31. The van der Waals surface area contributed by atoms with E-state index >= 15 is 0 Å². The van der Waals surface area contributed by atoms with Crippen LogP contribution in [0.1, 0.15) is 32.3 Å². The van der Waals surface area contributed by atoms with Crippen molar-refractivity contribution in [3.8, 4) is 0 Å². The average molecular weight is 261 g/mol. The minimum absolute atomic E-state index is 0.128. The lowest BCUT2D eigenvalue weighted by molar-refractivity contribution is -0.127. The van der Waals surface area contributed by atoms with Crippen LogP contribution in [0.15, 0.2) is 18.2 Å². The van der Waals surface area contributed by atoms with Gasteiger partial charge in [-0.05, 0) is 44.0 Å². The van der Waals surface area contributed by atoms with Crippen molar-refractivity contribution in [2.24, 2.45) is 5.73 Å². The summed E-state index contributed by atoms with van der Waals surface area (Å²) in [6.07, 6.45) is 1.07. The van der Waals surface area contributed by atoms with Crippen molar-refractivity contribution in [1.29, 1.82) is 0 Å². The summed E-state index contributed by atoms with van der Waals surface area (Å²) < 4.78 is 0. The Morgan fingerprint density at radius 2 is 2.05 bits per heavy atom. The first-order chi connectivity index (χ1) is 8.78. The molecule has 0 aliphatic carbocycles. The summed E-state index contributed by atoms with van der Waals surface area (Å²) in [7, 11) is 0. The van der Waals surface area contributed by atoms with Crippen LogP contribution >= 0.6 is 0 Å². The van der Waals surface area contributed by atoms with Gasteiger partial charge in [-0.3, -0.25) is 14.5 Å². The Labute approximate surface area is 112 Å². The number of carbonyl (C=O) groups excluding carboxylic acids is 2. The zero-order chi connectivity index (χ0) is 14.2. The van der Waals surface area contributed by atoms with E-state index in [1.807, 2.05) is 6.07 Å². The normalized spacial score (nSPS) is 15.3. The Morgan fingerprint density at radius 3 is 2.68 bits per heavy atom. The van der Waals surface area contributed by atoms with Crippen LogP contribution in [0.25, 0.3) is 0 Å². The van der Waals surface area contributed by atoms with Crippen LogP contribution in [0.2, 0.25) is 0 Å². The van der Waals surface area contributed by atoms with E-state index in [1.54, 1.807) is 26.0 Å². The van der Waals surface area contributed by atoms with Gasteiger partial charge in [0.15, 0.2) is 0 Å². The van der Waals surface area contributed by atoms with Crippen molar-refractivity contribution < 1.29 is 9.59 Å². The number of fused-ring (bicyclic) bond motifs is 1. The summed E-state index contributed by atoms with van der Waals surface area (Å²) in [6, 6.07) is 5.24. The molecule has 1 aliphatic heterocycles. The van der Waals surface area contributed by atoms with E-state index in [-0.39, 0.29) is 18.2 Å². The molecule has 1 aliphatic rings. The molecule has 19 heavy (non-hydrogen) atoms. The van der Waals surface area contributed by atoms with Gasteiger partial charge in [0.25, 0.3) is 0 Å². The second kappa shape index (κ2) is 4.66. The zero-order valence-corrected chi connectivity index (χ0v) is 11.3. The summed E-state index contributed by atoms with van der Waals surface area (Å²) in [4.78, 5) is 25.5. The predicted octanol–water partition coefficient (Wildman–Crippen LogP) is 1.20. The van der Waals surface area contributed by atoms with E-state index < -0.39 is 5.54 Å². The third-order valence-corrected chi connectivity index (χ3v) is 3.06. The Hall–Kier alpha value is -1.88. The van der Waals surface area contributed by atoms with Gasteiger partial charge in [-0.1, -0.05) is 0 Å². The smallest absolute Gasteiger partial charge is 0.235 e. The Bertz CT molecular complexity index is 532. The van der Waals surface area contributed by atoms with Crippen LogP contribution in [0.3, 0.4) is 0 Å². The van der Waals surface area contributed by atoms with Gasteiger partial charge in [0.2, 0.25) is 11.8 Å². The van der Waals surface area contributed by atoms with E-state index in [9.17, 15) is 9.59 Å². The maximum Gasteiger partial charge on any atom is 0.235 e. The molecule has 5 heteroatoms. The van der Waals surface area contributed by atoms with Gasteiger partial charge in [0, 0.05) is 24.1 Å². The molecule has 0 spiro atoms. The van der Waals surface area contributed by atoms with Crippen LogP contribution in [0, 0.1) is 0 Å². The number of amides is 2. The molecule has 1 aromatic rings. The number of nitrogens with two attached hydrogens (primary N) is 2. The Kier molecular flexibility index (Phi) is 3.32. The number of imide groups is 1. The molecule has 0 saturated carbocycles. The van der Waals surface area contributed by atoms with E-state index in [0.29, 0.717) is 24.2 Å². The van der Waals surface area contributed by atoms with E-state index in [0.717, 1.165) is 5.56 Å². The van der Waals surface area contributed by atoms with Gasteiger partial charge in [-0.15, -0.1) is 0 Å². The summed E-state index contributed by atoms with van der Waals surface area (Å²) in [5, 5.41) is 0. The van der Waals surface area contributed by atoms with E-state index in [4.69, 9.17) is 11.5 Å². The van der Waals surface area contributed by atoms with Gasteiger partial charge in [-0.2, -0.15) is 0 Å². The van der Waals surface area contributed by atoms with Gasteiger partial charge < -0.3 is 11.5 Å². The Balaban J connectivity index is 2.35. The molecule has 0 radical (unpaired) electrons. The summed E-state index contributed by atoms with van der Waals surface area (Å²) in [6.45, 7) is 3.53. The third kappa shape index (κ3) is 2.93. The van der Waals surface area contributed by atoms with Crippen LogP contribution in [-0.2, 0) is 16.0 Å². The van der Waals surface area contributed by atoms with Crippen LogP contribution in [0.5, 0.6) is 0 Å². The lowest BCUT2D eigenvalue weighted by atomic mass is 9.97. The largest absolute Gasteiger partial charge is 0.399 e. The van der Waals surface area contributed by atoms with Crippen molar-refractivity contribution in [1.82, 2.24) is 0 Å². The highest BCUT2D eigenvalue weighted by molar-refractivity contribution is 6.16. The quantitative estimate of drug-likeness (QED) is 0.783. The second-order valence-electron chi connectivity index (χ2n) is 5.68. The monoisotopic (exact) mass is 261 g/mol. The fourth-order valence-corrected chi connectivity index (χ4v) is 2.25. The number of hydrogen-bond acceptors (Lipinski definition) is 4. The number of hydrogen-bond donors (Lipinski definition) is 2. The van der Waals surface area contributed by atoms with Gasteiger partial charge in [-0.25, -0.2) is 0 Å². The SMILES string of the molecule is CC(C)(N)CC(=O)N1C(=O)CCc2cc(N)ccc21. The van der Waals surface area contributed by atoms with Crippen molar-refractivity contribution in [3.05, 3.63) is 23.8 Å². The van der Waals surface area contributed by atoms with Crippen LogP contribution in [0.4, 0.5) is 11.4 Å². The number of nitrogens with zero attached hydrogens (tertiary/aromatic N) is 1. The summed E-state index contributed by atoms with van der Waals surface area (Å²) in [5.74, 6) is -0.435. The van der Waals surface area contributed by atoms with Crippen molar-refractivity contribution in [3.63, 3.8) is 0 Å². The lowest BCUT2D eigenvalue weighted by Crippen LogP contribution is -2.45. The standard InChI is InChI=1S/C14H19N3O2/c1-14(2,16)8-13(19)17-11-5-4-10(15)7-9(11)3-6-12(17)18/h4-5,7H,3,6,8,15-16H2,1-2H3. The molecule has 4 N–H and O–H groups in total. The summed E-state index contributed by atoms with van der Waals surface area (Å²) >= 11 is 0. The topological polar surface area (TPSA) is 89.4 Å². The van der Waals surface area contributed by atoms with Gasteiger partial charge >= 0.3 is 0 Å². The first kappa shape index (κ1) is 13.5. The first-order valence-electron chi connectivity index (χ1n) is 6.31. The molecular weight excluding hydrogens is 242 g/mol. The highest BCUT2D eigenvalue weighted by atomic mass is 16.2. The number of benzene rings is 1. The molecule has 0 fully saturated rings. The molecule has 2 rings (SSSR count). The number of nitrogen functional groups attached to an aromatic ring is 1. The minimum Gasteiger partial charge on any atom is -0.399 e. The fraction of sp³-hybridized carbons (Fsp3) is 0.429. The maximum absolute atomic E-state index is 12.3. The maximum atomic E-state index is 12.3. The summed E-state index contributed by atoms with van der Waals surface area (Å²) in [5.41, 5.74) is 13.2. The number of aryl methyl sites for hydroxylation is 1. The number of anilines is 2. The van der Waals surface area contributed by atoms with Gasteiger partial charge in [0.1, 0.15) is 0 Å². The number of rotatable bonds is 2. The van der Waals surface area contributed by atoms with Crippen molar-refractivity contribution in [2.45, 2.75) is 38.6 Å². The molecule has 0 aromatic heterocycles. The van der Waals surface area contributed by atoms with Crippen molar-refractivity contribution >= 4 is 23.2 Å². The molecule has 1 heterocycles. The zero-order valence-electron chi connectivity index (χ0n) is 11.3. The molecule has 0 saturated heterocycles. The molecule has 1 aromatic carbocycles. The third-order valence-electron chi connectivity index (χ3n) is 3.06. The Morgan fingerprint density at radius 1 is 1.37 bits per heavy atom. The molecule has 0 atom stereocenters. The molecule has 0 bridgehead atoms. The van der Waals surface area contributed by atoms with Crippen LogP contribution in [-0.4, -0.2) is 17.4 Å². The molecule has 102 valence electrons. The molecule has 2 amide bonds. The minimum atomic E-state index is -0.636. The van der Waals surface area contributed by atoms with Crippen LogP contribution < -0.4 is 16.4 Å². The van der Waals surface area contributed by atoms with E-state index in [2.05, 4.69) is 0 Å². The van der Waals surface area contributed by atoms with Gasteiger partial charge in [0.05, 0.1) is 5.69 Å². The molecular formula is C14H19N3O2. The molecule has 5 nitrogen and oxygen atoms in total. The van der Waals surface area contributed by atoms with E-state index in [1.165, 1.54) is 4.90 Å².